The van der Waals surface area contributed by atoms with Gasteiger partial charge in [-0.25, -0.2) is 0 Å². The van der Waals surface area contributed by atoms with Crippen LogP contribution in [0.1, 0.15) is 33.1 Å². The topological polar surface area (TPSA) is 61.4 Å². The summed E-state index contributed by atoms with van der Waals surface area (Å²) >= 11 is 0. The summed E-state index contributed by atoms with van der Waals surface area (Å²) in [5, 5.41) is 15.1. The third kappa shape index (κ3) is 8.01. The molecule has 1 unspecified atom stereocenters. The minimum absolute atomic E-state index is 0.0502. The van der Waals surface area contributed by atoms with Gasteiger partial charge in [-0.1, -0.05) is 13.8 Å². The van der Waals surface area contributed by atoms with E-state index >= 15 is 0 Å². The van der Waals surface area contributed by atoms with Gasteiger partial charge >= 0.3 is 0 Å². The van der Waals surface area contributed by atoms with Gasteiger partial charge in [0.15, 0.2) is 0 Å². The summed E-state index contributed by atoms with van der Waals surface area (Å²) < 4.78 is 0. The molecule has 0 rings (SSSR count). The van der Waals surface area contributed by atoms with Crippen molar-refractivity contribution in [2.24, 2.45) is 0 Å². The molecule has 0 heterocycles. The molecule has 0 saturated heterocycles. The molecular weight excluding hydrogens is 180 g/mol. The van der Waals surface area contributed by atoms with Crippen molar-refractivity contribution in [3.63, 3.8) is 0 Å². The van der Waals surface area contributed by atoms with Crippen LogP contribution in [-0.4, -0.2) is 36.8 Å². The number of aliphatic hydroxyl groups is 1. The van der Waals surface area contributed by atoms with Crippen molar-refractivity contribution >= 4 is 5.91 Å². The van der Waals surface area contributed by atoms with E-state index in [1.165, 1.54) is 0 Å². The van der Waals surface area contributed by atoms with Gasteiger partial charge in [-0.05, 0) is 19.4 Å². The van der Waals surface area contributed by atoms with Crippen LogP contribution in [0.15, 0.2) is 0 Å². The number of rotatable bonds is 8. The van der Waals surface area contributed by atoms with Gasteiger partial charge < -0.3 is 15.7 Å². The normalized spacial score (nSPS) is 12.5. The fourth-order valence-corrected chi connectivity index (χ4v) is 1.05. The molecule has 0 aliphatic rings. The number of hydrogen-bond acceptors (Lipinski definition) is 3. The molecule has 3 N–H and O–H groups in total. The molecule has 0 spiro atoms. The second kappa shape index (κ2) is 8.97. The maximum Gasteiger partial charge on any atom is 0.221 e. The fourth-order valence-electron chi connectivity index (χ4n) is 1.05. The summed E-state index contributed by atoms with van der Waals surface area (Å²) in [5.41, 5.74) is 0. The van der Waals surface area contributed by atoms with Gasteiger partial charge in [0.05, 0.1) is 6.10 Å². The van der Waals surface area contributed by atoms with Gasteiger partial charge in [0, 0.05) is 19.5 Å². The van der Waals surface area contributed by atoms with Crippen LogP contribution in [0.25, 0.3) is 0 Å². The van der Waals surface area contributed by atoms with Crippen molar-refractivity contribution in [2.45, 2.75) is 39.2 Å². The van der Waals surface area contributed by atoms with Crippen LogP contribution in [0.4, 0.5) is 0 Å². The maximum absolute atomic E-state index is 11.2. The zero-order valence-corrected chi connectivity index (χ0v) is 9.18. The van der Waals surface area contributed by atoms with E-state index in [9.17, 15) is 9.90 Å². The van der Waals surface area contributed by atoms with Crippen LogP contribution in [0, 0.1) is 0 Å². The standard InChI is InChI=1S/C10H22N2O2/c1-3-9(13)5-8-12-10(14)6-7-11-4-2/h9,11,13H,3-8H2,1-2H3,(H,12,14). The van der Waals surface area contributed by atoms with Crippen LogP contribution in [-0.2, 0) is 4.79 Å². The first kappa shape index (κ1) is 13.4. The van der Waals surface area contributed by atoms with Gasteiger partial charge in [-0.15, -0.1) is 0 Å². The minimum atomic E-state index is -0.288. The minimum Gasteiger partial charge on any atom is -0.393 e. The van der Waals surface area contributed by atoms with Crippen molar-refractivity contribution in [3.05, 3.63) is 0 Å². The predicted octanol–water partition coefficient (Wildman–Crippen LogP) is 0.263. The Bertz CT molecular complexity index is 151. The van der Waals surface area contributed by atoms with Crippen molar-refractivity contribution in [1.29, 1.82) is 0 Å². The van der Waals surface area contributed by atoms with Gasteiger partial charge in [0.25, 0.3) is 0 Å². The van der Waals surface area contributed by atoms with Crippen molar-refractivity contribution in [3.8, 4) is 0 Å². The summed E-state index contributed by atoms with van der Waals surface area (Å²) in [6.07, 6.45) is 1.61. The van der Waals surface area contributed by atoms with E-state index in [1.54, 1.807) is 0 Å². The first-order chi connectivity index (χ1) is 6.70. The lowest BCUT2D eigenvalue weighted by molar-refractivity contribution is -0.121. The molecule has 4 heteroatoms. The largest absolute Gasteiger partial charge is 0.393 e. The van der Waals surface area contributed by atoms with Crippen molar-refractivity contribution < 1.29 is 9.90 Å². The zero-order chi connectivity index (χ0) is 10.8. The van der Waals surface area contributed by atoms with E-state index in [1.807, 2.05) is 13.8 Å². The van der Waals surface area contributed by atoms with Crippen LogP contribution in [0.5, 0.6) is 0 Å². The number of hydrogen-bond donors (Lipinski definition) is 3. The van der Waals surface area contributed by atoms with Crippen LogP contribution in [0.3, 0.4) is 0 Å². The van der Waals surface area contributed by atoms with Gasteiger partial charge in [0.1, 0.15) is 0 Å². The lowest BCUT2D eigenvalue weighted by Gasteiger charge is -2.08. The van der Waals surface area contributed by atoms with Gasteiger partial charge in [-0.3, -0.25) is 4.79 Å². The van der Waals surface area contributed by atoms with E-state index in [-0.39, 0.29) is 12.0 Å². The number of carbonyl (C=O) groups is 1. The molecular formula is C10H22N2O2. The molecule has 0 aromatic rings. The highest BCUT2D eigenvalue weighted by molar-refractivity contribution is 5.75. The first-order valence-electron chi connectivity index (χ1n) is 5.36. The SMILES string of the molecule is CCNCCC(=O)NCCC(O)CC. The molecule has 0 aliphatic heterocycles. The van der Waals surface area contributed by atoms with Gasteiger partial charge in [-0.2, -0.15) is 0 Å². The molecule has 84 valence electrons. The summed E-state index contributed by atoms with van der Waals surface area (Å²) in [4.78, 5) is 11.2. The summed E-state index contributed by atoms with van der Waals surface area (Å²) in [6, 6.07) is 0. The quantitative estimate of drug-likeness (QED) is 0.495. The van der Waals surface area contributed by atoms with E-state index in [4.69, 9.17) is 0 Å². The molecule has 0 radical (unpaired) electrons. The van der Waals surface area contributed by atoms with E-state index in [2.05, 4.69) is 10.6 Å². The number of nitrogens with one attached hydrogen (secondary N) is 2. The van der Waals surface area contributed by atoms with Crippen LogP contribution in [0.2, 0.25) is 0 Å². The van der Waals surface area contributed by atoms with E-state index < -0.39 is 0 Å². The Morgan fingerprint density at radius 2 is 2.07 bits per heavy atom. The fraction of sp³-hybridized carbons (Fsp3) is 0.900. The summed E-state index contributed by atoms with van der Waals surface area (Å²) in [7, 11) is 0. The molecule has 0 saturated carbocycles. The Morgan fingerprint density at radius 1 is 1.36 bits per heavy atom. The lowest BCUT2D eigenvalue weighted by Crippen LogP contribution is -2.29. The Hall–Kier alpha value is -0.610. The highest BCUT2D eigenvalue weighted by atomic mass is 16.3. The van der Waals surface area contributed by atoms with Crippen LogP contribution < -0.4 is 10.6 Å². The summed E-state index contributed by atoms with van der Waals surface area (Å²) in [5.74, 6) is 0.0502. The molecule has 0 aliphatic carbocycles. The number of carbonyl (C=O) groups excluding carboxylic acids is 1. The monoisotopic (exact) mass is 202 g/mol. The second-order valence-corrected chi connectivity index (χ2v) is 3.30. The van der Waals surface area contributed by atoms with Gasteiger partial charge in [0.2, 0.25) is 5.91 Å². The molecule has 14 heavy (non-hydrogen) atoms. The molecule has 0 aromatic heterocycles. The third-order valence-corrected chi connectivity index (χ3v) is 2.05. The molecule has 0 fully saturated rings. The molecule has 4 nitrogen and oxygen atoms in total. The Morgan fingerprint density at radius 3 is 2.64 bits per heavy atom. The molecule has 1 amide bonds. The average Bonchev–Trinajstić information content (AvgIpc) is 2.18. The zero-order valence-electron chi connectivity index (χ0n) is 9.18. The smallest absolute Gasteiger partial charge is 0.221 e. The molecule has 1 atom stereocenters. The highest BCUT2D eigenvalue weighted by Gasteiger charge is 2.02. The lowest BCUT2D eigenvalue weighted by atomic mass is 10.2. The highest BCUT2D eigenvalue weighted by Crippen LogP contribution is 1.94. The molecule has 0 bridgehead atoms. The Labute approximate surface area is 86.1 Å². The first-order valence-corrected chi connectivity index (χ1v) is 5.36. The Balaban J connectivity index is 3.26. The van der Waals surface area contributed by atoms with Crippen molar-refractivity contribution in [2.75, 3.05) is 19.6 Å². The Kier molecular flexibility index (Phi) is 8.57. The summed E-state index contributed by atoms with van der Waals surface area (Å²) in [6.45, 7) is 6.12. The predicted molar refractivity (Wildman–Crippen MR) is 57.1 cm³/mol. The van der Waals surface area contributed by atoms with Crippen LogP contribution >= 0.6 is 0 Å². The molecule has 0 aromatic carbocycles. The third-order valence-electron chi connectivity index (χ3n) is 2.05. The van der Waals surface area contributed by atoms with E-state index in [0.717, 1.165) is 19.5 Å². The second-order valence-electron chi connectivity index (χ2n) is 3.30. The number of aliphatic hydroxyl groups excluding tert-OH is 1. The number of amides is 1. The van der Waals surface area contributed by atoms with E-state index in [0.29, 0.717) is 19.4 Å². The maximum atomic E-state index is 11.2. The van der Waals surface area contributed by atoms with Crippen molar-refractivity contribution in [1.82, 2.24) is 10.6 Å². The average molecular weight is 202 g/mol.